The predicted octanol–water partition coefficient (Wildman–Crippen LogP) is 2.57. The number of amides is 1. The van der Waals surface area contributed by atoms with Gasteiger partial charge in [0.15, 0.2) is 0 Å². The lowest BCUT2D eigenvalue weighted by Crippen LogP contribution is -2.25. The number of rotatable bonds is 7. The van der Waals surface area contributed by atoms with Crippen LogP contribution in [0.1, 0.15) is 42.4 Å². The van der Waals surface area contributed by atoms with E-state index in [1.165, 1.54) is 56.5 Å². The molecule has 1 aliphatic rings. The summed E-state index contributed by atoms with van der Waals surface area (Å²) in [7, 11) is -3.71. The van der Waals surface area contributed by atoms with Crippen LogP contribution in [0.25, 0.3) is 0 Å². The third-order valence-electron chi connectivity index (χ3n) is 5.23. The second kappa shape index (κ2) is 10.0. The van der Waals surface area contributed by atoms with Crippen LogP contribution in [0.15, 0.2) is 53.4 Å². The number of likely N-dealkylation sites (tertiary alicyclic amines) is 1. The number of carbonyl (C=O) groups excluding carboxylic acids is 1. The van der Waals surface area contributed by atoms with Gasteiger partial charge in [0.05, 0.1) is 11.3 Å². The van der Waals surface area contributed by atoms with Crippen LogP contribution >= 0.6 is 0 Å². The fraction of sp³-hybridized carbons (Fsp3) is 0.409. The second-order valence-corrected chi connectivity index (χ2v) is 9.21. The third kappa shape index (κ3) is 6.96. The first-order valence-electron chi connectivity index (χ1n) is 10.1. The van der Waals surface area contributed by atoms with Crippen LogP contribution in [0, 0.1) is 0 Å². The van der Waals surface area contributed by atoms with E-state index in [0.29, 0.717) is 6.54 Å². The molecule has 0 unspecified atom stereocenters. The molecule has 0 aromatic heterocycles. The van der Waals surface area contributed by atoms with E-state index in [-0.39, 0.29) is 17.2 Å². The van der Waals surface area contributed by atoms with Crippen LogP contribution in [0.3, 0.4) is 0 Å². The Bertz CT molecular complexity index is 901. The van der Waals surface area contributed by atoms with Crippen molar-refractivity contribution in [2.45, 2.75) is 50.1 Å². The highest BCUT2D eigenvalue weighted by molar-refractivity contribution is 7.89. The highest BCUT2D eigenvalue weighted by Crippen LogP contribution is 2.14. The van der Waals surface area contributed by atoms with E-state index in [1.807, 2.05) is 0 Å². The number of nitrogens with one attached hydrogen (secondary N) is 1. The first-order chi connectivity index (χ1) is 13.9. The van der Waals surface area contributed by atoms with Crippen LogP contribution in [0.5, 0.6) is 0 Å². The van der Waals surface area contributed by atoms with Crippen LogP contribution in [-0.4, -0.2) is 32.3 Å². The molecule has 6 nitrogen and oxygen atoms in total. The Hall–Kier alpha value is -2.22. The molecule has 7 heteroatoms. The Morgan fingerprint density at radius 3 is 2.00 bits per heavy atom. The summed E-state index contributed by atoms with van der Waals surface area (Å²) < 4.78 is 22.5. The Labute approximate surface area is 173 Å². The number of nitrogens with two attached hydrogens (primary N) is 1. The molecule has 0 radical (unpaired) electrons. The SMILES string of the molecule is NS(=O)(=O)c1ccc(CC(=O)NCc2ccc(CN3CCCCCC3)cc2)cc1. The van der Waals surface area contributed by atoms with Gasteiger partial charge in [-0.1, -0.05) is 49.2 Å². The molecular formula is C22H29N3O3S. The summed E-state index contributed by atoms with van der Waals surface area (Å²) in [6, 6.07) is 14.5. The highest BCUT2D eigenvalue weighted by atomic mass is 32.2. The summed E-state index contributed by atoms with van der Waals surface area (Å²) in [6.07, 6.45) is 5.44. The number of carbonyl (C=O) groups is 1. The Morgan fingerprint density at radius 1 is 0.862 bits per heavy atom. The summed E-state index contributed by atoms with van der Waals surface area (Å²) >= 11 is 0. The molecule has 0 atom stereocenters. The molecule has 1 aliphatic heterocycles. The molecule has 3 rings (SSSR count). The smallest absolute Gasteiger partial charge is 0.238 e. The summed E-state index contributed by atoms with van der Waals surface area (Å²) in [4.78, 5) is 14.7. The normalized spacial score (nSPS) is 15.6. The van der Waals surface area contributed by atoms with Crippen molar-refractivity contribution in [3.8, 4) is 0 Å². The van der Waals surface area contributed by atoms with Crippen molar-refractivity contribution in [3.63, 3.8) is 0 Å². The molecule has 0 saturated carbocycles. The predicted molar refractivity (Wildman–Crippen MR) is 114 cm³/mol. The van der Waals surface area contributed by atoms with Crippen molar-refractivity contribution >= 4 is 15.9 Å². The van der Waals surface area contributed by atoms with Gasteiger partial charge in [-0.3, -0.25) is 9.69 Å². The molecule has 0 spiro atoms. The summed E-state index contributed by atoms with van der Waals surface area (Å²) in [6.45, 7) is 3.81. The molecule has 156 valence electrons. The van der Waals surface area contributed by atoms with Gasteiger partial charge in [-0.2, -0.15) is 0 Å². The van der Waals surface area contributed by atoms with Gasteiger partial charge in [0.2, 0.25) is 15.9 Å². The van der Waals surface area contributed by atoms with Crippen LogP contribution in [0.4, 0.5) is 0 Å². The minimum Gasteiger partial charge on any atom is -0.352 e. The maximum absolute atomic E-state index is 12.2. The van der Waals surface area contributed by atoms with E-state index in [2.05, 4.69) is 34.5 Å². The van der Waals surface area contributed by atoms with Crippen molar-refractivity contribution in [3.05, 3.63) is 65.2 Å². The molecule has 0 aliphatic carbocycles. The van der Waals surface area contributed by atoms with Gasteiger partial charge in [0.25, 0.3) is 0 Å². The Kier molecular flexibility index (Phi) is 7.41. The molecule has 1 amide bonds. The van der Waals surface area contributed by atoms with Gasteiger partial charge in [-0.25, -0.2) is 13.6 Å². The summed E-state index contributed by atoms with van der Waals surface area (Å²) in [5.41, 5.74) is 3.10. The van der Waals surface area contributed by atoms with Gasteiger partial charge in [0.1, 0.15) is 0 Å². The van der Waals surface area contributed by atoms with Crippen LogP contribution in [0.2, 0.25) is 0 Å². The number of benzene rings is 2. The fourth-order valence-electron chi connectivity index (χ4n) is 3.56. The van der Waals surface area contributed by atoms with Crippen molar-refractivity contribution in [1.29, 1.82) is 0 Å². The Morgan fingerprint density at radius 2 is 1.41 bits per heavy atom. The third-order valence-corrected chi connectivity index (χ3v) is 6.16. The quantitative estimate of drug-likeness (QED) is 0.727. The first-order valence-corrected chi connectivity index (χ1v) is 11.6. The number of hydrogen-bond donors (Lipinski definition) is 2. The van der Waals surface area contributed by atoms with E-state index < -0.39 is 10.0 Å². The average molecular weight is 416 g/mol. The molecule has 2 aromatic rings. The van der Waals surface area contributed by atoms with E-state index in [4.69, 9.17) is 5.14 Å². The average Bonchev–Trinajstić information content (AvgIpc) is 2.96. The van der Waals surface area contributed by atoms with Gasteiger partial charge >= 0.3 is 0 Å². The molecule has 29 heavy (non-hydrogen) atoms. The lowest BCUT2D eigenvalue weighted by molar-refractivity contribution is -0.120. The zero-order chi connectivity index (χ0) is 20.7. The summed E-state index contributed by atoms with van der Waals surface area (Å²) in [5, 5.41) is 7.99. The van der Waals surface area contributed by atoms with E-state index in [9.17, 15) is 13.2 Å². The largest absolute Gasteiger partial charge is 0.352 e. The molecule has 2 aromatic carbocycles. The first kappa shape index (κ1) is 21.5. The monoisotopic (exact) mass is 415 g/mol. The van der Waals surface area contributed by atoms with Gasteiger partial charge < -0.3 is 5.32 Å². The Balaban J connectivity index is 1.46. The van der Waals surface area contributed by atoms with E-state index >= 15 is 0 Å². The maximum atomic E-state index is 12.2. The van der Waals surface area contributed by atoms with Gasteiger partial charge in [0, 0.05) is 13.1 Å². The zero-order valence-electron chi connectivity index (χ0n) is 16.6. The van der Waals surface area contributed by atoms with Crippen molar-refractivity contribution in [1.82, 2.24) is 10.2 Å². The lowest BCUT2D eigenvalue weighted by atomic mass is 10.1. The zero-order valence-corrected chi connectivity index (χ0v) is 17.5. The molecule has 1 heterocycles. The number of sulfonamides is 1. The molecule has 1 saturated heterocycles. The summed E-state index contributed by atoms with van der Waals surface area (Å²) in [5.74, 6) is -0.109. The molecule has 3 N–H and O–H groups in total. The standard InChI is InChI=1S/C22H29N3O3S/c23-29(27,28)21-11-9-18(10-12-21)15-22(26)24-16-19-5-7-20(8-6-19)17-25-13-3-1-2-4-14-25/h5-12H,1-4,13-17H2,(H,24,26)(H2,23,27,28). The molecule has 1 fully saturated rings. The van der Waals surface area contributed by atoms with Crippen LogP contribution < -0.4 is 10.5 Å². The topological polar surface area (TPSA) is 92.5 Å². The highest BCUT2D eigenvalue weighted by Gasteiger charge is 2.10. The number of nitrogens with zero attached hydrogens (tertiary/aromatic N) is 1. The number of hydrogen-bond acceptors (Lipinski definition) is 4. The minimum absolute atomic E-state index is 0.0434. The van der Waals surface area contributed by atoms with Crippen molar-refractivity contribution < 1.29 is 13.2 Å². The molecular weight excluding hydrogens is 386 g/mol. The number of primary sulfonamides is 1. The van der Waals surface area contributed by atoms with Gasteiger partial charge in [-0.05, 0) is 54.8 Å². The molecule has 0 bridgehead atoms. The fourth-order valence-corrected chi connectivity index (χ4v) is 4.08. The van der Waals surface area contributed by atoms with E-state index in [0.717, 1.165) is 17.7 Å². The van der Waals surface area contributed by atoms with Crippen molar-refractivity contribution in [2.24, 2.45) is 5.14 Å². The van der Waals surface area contributed by atoms with Crippen molar-refractivity contribution in [2.75, 3.05) is 13.1 Å². The maximum Gasteiger partial charge on any atom is 0.238 e. The van der Waals surface area contributed by atoms with Gasteiger partial charge in [-0.15, -0.1) is 0 Å². The second-order valence-electron chi connectivity index (χ2n) is 7.65. The minimum atomic E-state index is -3.71. The van der Waals surface area contributed by atoms with E-state index in [1.54, 1.807) is 12.1 Å². The lowest BCUT2D eigenvalue weighted by Gasteiger charge is -2.19. The van der Waals surface area contributed by atoms with Crippen LogP contribution in [-0.2, 0) is 34.3 Å².